The number of ether oxygens (including phenoxy) is 2. The monoisotopic (exact) mass is 262 g/mol. The van der Waals surface area contributed by atoms with Crippen molar-refractivity contribution in [2.75, 3.05) is 39.9 Å². The molecule has 0 amide bonds. The van der Waals surface area contributed by atoms with Gasteiger partial charge in [0.2, 0.25) is 0 Å². The second kappa shape index (κ2) is 5.90. The molecule has 2 heterocycles. The third-order valence-electron chi connectivity index (χ3n) is 3.80. The van der Waals surface area contributed by atoms with Gasteiger partial charge in [-0.1, -0.05) is 12.1 Å². The maximum Gasteiger partial charge on any atom is 0.122 e. The largest absolute Gasteiger partial charge is 0.493 e. The van der Waals surface area contributed by atoms with Crippen LogP contribution in [-0.4, -0.2) is 50.9 Å². The van der Waals surface area contributed by atoms with Crippen molar-refractivity contribution in [3.05, 3.63) is 29.3 Å². The van der Waals surface area contributed by atoms with Crippen LogP contribution >= 0.6 is 0 Å². The van der Waals surface area contributed by atoms with Gasteiger partial charge in [0.15, 0.2) is 0 Å². The molecule has 0 aromatic heterocycles. The van der Waals surface area contributed by atoms with Crippen molar-refractivity contribution >= 4 is 0 Å². The van der Waals surface area contributed by atoms with Crippen LogP contribution in [-0.2, 0) is 17.7 Å². The molecule has 0 bridgehead atoms. The Hall–Kier alpha value is -1.10. The fourth-order valence-corrected chi connectivity index (χ4v) is 2.72. The second-order valence-corrected chi connectivity index (χ2v) is 5.43. The normalized spacial score (nSPS) is 23.1. The van der Waals surface area contributed by atoms with Gasteiger partial charge in [0, 0.05) is 32.6 Å². The lowest BCUT2D eigenvalue weighted by atomic mass is 10.1. The van der Waals surface area contributed by atoms with E-state index in [1.165, 1.54) is 11.1 Å². The van der Waals surface area contributed by atoms with Gasteiger partial charge in [-0.05, 0) is 24.2 Å². The lowest BCUT2D eigenvalue weighted by Crippen LogP contribution is -2.44. The molecule has 0 radical (unpaired) electrons. The standard InChI is InChI=1S/C15H22N2O2/c1-17-5-7-18-14(11-17)10-16-9-12-2-3-15-13(8-12)4-6-19-15/h2-3,8,14,16H,4-7,9-11H2,1H3/t14-/m1/s1. The van der Waals surface area contributed by atoms with E-state index in [1.54, 1.807) is 0 Å². The minimum atomic E-state index is 0.316. The quantitative estimate of drug-likeness (QED) is 0.879. The van der Waals surface area contributed by atoms with Gasteiger partial charge >= 0.3 is 0 Å². The van der Waals surface area contributed by atoms with Crippen molar-refractivity contribution in [2.24, 2.45) is 0 Å². The summed E-state index contributed by atoms with van der Waals surface area (Å²) in [6.07, 6.45) is 1.36. The molecule has 0 unspecified atom stereocenters. The van der Waals surface area contributed by atoms with Gasteiger partial charge < -0.3 is 19.7 Å². The Bertz CT molecular complexity index is 436. The smallest absolute Gasteiger partial charge is 0.122 e. The average Bonchev–Trinajstić information content (AvgIpc) is 2.86. The maximum atomic E-state index is 5.74. The minimum Gasteiger partial charge on any atom is -0.493 e. The Labute approximate surface area is 114 Å². The zero-order valence-electron chi connectivity index (χ0n) is 11.5. The number of nitrogens with zero attached hydrogens (tertiary/aromatic N) is 1. The molecule has 1 aromatic carbocycles. The Kier molecular flexibility index (Phi) is 4.01. The van der Waals surface area contributed by atoms with Gasteiger partial charge in [-0.2, -0.15) is 0 Å². The van der Waals surface area contributed by atoms with Gasteiger partial charge in [0.25, 0.3) is 0 Å². The fraction of sp³-hybridized carbons (Fsp3) is 0.600. The number of hydrogen-bond acceptors (Lipinski definition) is 4. The van der Waals surface area contributed by atoms with E-state index < -0.39 is 0 Å². The number of benzene rings is 1. The molecule has 1 saturated heterocycles. The Morgan fingerprint density at radius 2 is 2.32 bits per heavy atom. The molecule has 4 nitrogen and oxygen atoms in total. The van der Waals surface area contributed by atoms with Crippen LogP contribution in [0.25, 0.3) is 0 Å². The lowest BCUT2D eigenvalue weighted by Gasteiger charge is -2.30. The first-order chi connectivity index (χ1) is 9.31. The van der Waals surface area contributed by atoms with E-state index in [1.807, 2.05) is 0 Å². The molecule has 0 saturated carbocycles. The van der Waals surface area contributed by atoms with E-state index in [0.29, 0.717) is 6.10 Å². The summed E-state index contributed by atoms with van der Waals surface area (Å²) >= 11 is 0. The number of morpholine rings is 1. The first kappa shape index (κ1) is 12.9. The molecule has 19 heavy (non-hydrogen) atoms. The Balaban J connectivity index is 1.47. The zero-order chi connectivity index (χ0) is 13.1. The average molecular weight is 262 g/mol. The second-order valence-electron chi connectivity index (χ2n) is 5.43. The molecule has 4 heteroatoms. The van der Waals surface area contributed by atoms with Crippen LogP contribution < -0.4 is 10.1 Å². The van der Waals surface area contributed by atoms with E-state index in [9.17, 15) is 0 Å². The highest BCUT2D eigenvalue weighted by Gasteiger charge is 2.17. The highest BCUT2D eigenvalue weighted by molar-refractivity contribution is 5.39. The van der Waals surface area contributed by atoms with Crippen molar-refractivity contribution in [1.82, 2.24) is 10.2 Å². The molecule has 1 aromatic rings. The number of likely N-dealkylation sites (N-methyl/N-ethyl adjacent to an activating group) is 1. The van der Waals surface area contributed by atoms with Crippen molar-refractivity contribution in [2.45, 2.75) is 19.1 Å². The molecular formula is C15H22N2O2. The van der Waals surface area contributed by atoms with Crippen molar-refractivity contribution in [1.29, 1.82) is 0 Å². The van der Waals surface area contributed by atoms with Gasteiger partial charge in [-0.3, -0.25) is 0 Å². The van der Waals surface area contributed by atoms with Crippen molar-refractivity contribution in [3.8, 4) is 5.75 Å². The summed E-state index contributed by atoms with van der Waals surface area (Å²) in [7, 11) is 2.15. The maximum absolute atomic E-state index is 5.74. The molecule has 0 spiro atoms. The molecule has 0 aliphatic carbocycles. The van der Waals surface area contributed by atoms with Crippen LogP contribution in [0, 0.1) is 0 Å². The van der Waals surface area contributed by atoms with E-state index in [4.69, 9.17) is 9.47 Å². The van der Waals surface area contributed by atoms with Crippen LogP contribution in [0.3, 0.4) is 0 Å². The SMILES string of the molecule is CN1CCO[C@H](CNCc2ccc3c(c2)CCO3)C1. The van der Waals surface area contributed by atoms with Crippen LogP contribution in [0.4, 0.5) is 0 Å². The molecule has 2 aliphatic heterocycles. The fourth-order valence-electron chi connectivity index (χ4n) is 2.72. The number of hydrogen-bond donors (Lipinski definition) is 1. The first-order valence-corrected chi connectivity index (χ1v) is 7.07. The van der Waals surface area contributed by atoms with Crippen LogP contribution in [0.5, 0.6) is 5.75 Å². The van der Waals surface area contributed by atoms with E-state index >= 15 is 0 Å². The molecule has 1 fully saturated rings. The molecule has 1 N–H and O–H groups in total. The summed E-state index contributed by atoms with van der Waals surface area (Å²) in [6, 6.07) is 6.48. The van der Waals surface area contributed by atoms with Gasteiger partial charge in [-0.15, -0.1) is 0 Å². The zero-order valence-corrected chi connectivity index (χ0v) is 11.5. The Morgan fingerprint density at radius 3 is 3.21 bits per heavy atom. The molecule has 1 atom stereocenters. The van der Waals surface area contributed by atoms with E-state index in [0.717, 1.165) is 51.6 Å². The van der Waals surface area contributed by atoms with Gasteiger partial charge in [0.05, 0.1) is 19.3 Å². The summed E-state index contributed by atoms with van der Waals surface area (Å²) in [5.41, 5.74) is 2.67. The highest BCUT2D eigenvalue weighted by atomic mass is 16.5. The number of fused-ring (bicyclic) bond motifs is 1. The predicted molar refractivity (Wildman–Crippen MR) is 74.6 cm³/mol. The number of rotatable bonds is 4. The highest BCUT2D eigenvalue weighted by Crippen LogP contribution is 2.25. The topological polar surface area (TPSA) is 33.7 Å². The predicted octanol–water partition coefficient (Wildman–Crippen LogP) is 1.04. The molecular weight excluding hydrogens is 240 g/mol. The van der Waals surface area contributed by atoms with Crippen LogP contribution in [0.2, 0.25) is 0 Å². The summed E-state index contributed by atoms with van der Waals surface area (Å²) in [5.74, 6) is 1.06. The van der Waals surface area contributed by atoms with Crippen molar-refractivity contribution < 1.29 is 9.47 Å². The van der Waals surface area contributed by atoms with E-state index in [2.05, 4.69) is 35.5 Å². The minimum absolute atomic E-state index is 0.316. The molecule has 104 valence electrons. The third-order valence-corrected chi connectivity index (χ3v) is 3.80. The first-order valence-electron chi connectivity index (χ1n) is 7.07. The summed E-state index contributed by atoms with van der Waals surface area (Å²) in [5, 5.41) is 3.49. The van der Waals surface area contributed by atoms with Gasteiger partial charge in [0.1, 0.15) is 5.75 Å². The lowest BCUT2D eigenvalue weighted by molar-refractivity contribution is -0.0182. The van der Waals surface area contributed by atoms with Gasteiger partial charge in [-0.25, -0.2) is 0 Å². The summed E-state index contributed by atoms with van der Waals surface area (Å²) < 4.78 is 11.3. The van der Waals surface area contributed by atoms with E-state index in [-0.39, 0.29) is 0 Å². The molecule has 2 aliphatic rings. The third kappa shape index (κ3) is 3.26. The molecule has 3 rings (SSSR count). The Morgan fingerprint density at radius 1 is 1.37 bits per heavy atom. The summed E-state index contributed by atoms with van der Waals surface area (Å²) in [6.45, 7) is 5.55. The van der Waals surface area contributed by atoms with Crippen LogP contribution in [0.15, 0.2) is 18.2 Å². The van der Waals surface area contributed by atoms with Crippen LogP contribution in [0.1, 0.15) is 11.1 Å². The van der Waals surface area contributed by atoms with Crippen molar-refractivity contribution in [3.63, 3.8) is 0 Å². The number of nitrogens with one attached hydrogen (secondary N) is 1. The summed E-state index contributed by atoms with van der Waals surface area (Å²) in [4.78, 5) is 2.32.